The molecule has 2 aromatic carbocycles. The summed E-state index contributed by atoms with van der Waals surface area (Å²) in [5, 5.41) is 12.8. The Hall–Kier alpha value is -2.40. The quantitative estimate of drug-likeness (QED) is 0.759. The Labute approximate surface area is 120 Å². The number of rotatable bonds is 3. The monoisotopic (exact) mass is 292 g/mol. The molecular formula is C14H13ClN2O3. The highest BCUT2D eigenvalue weighted by molar-refractivity contribution is 6.31. The average Bonchev–Trinajstić information content (AvgIpc) is 2.41. The first kappa shape index (κ1) is 14.0. The maximum atomic E-state index is 12.1. The summed E-state index contributed by atoms with van der Waals surface area (Å²) >= 11 is 5.79. The highest BCUT2D eigenvalue weighted by atomic mass is 35.5. The Morgan fingerprint density at radius 2 is 2.05 bits per heavy atom. The van der Waals surface area contributed by atoms with Crippen LogP contribution in [0.3, 0.4) is 0 Å². The van der Waals surface area contributed by atoms with Gasteiger partial charge in [0, 0.05) is 10.6 Å². The van der Waals surface area contributed by atoms with E-state index < -0.39 is 5.91 Å². The molecule has 0 aromatic heterocycles. The lowest BCUT2D eigenvalue weighted by Gasteiger charge is -2.09. The number of nitrogen functional groups attached to an aromatic ring is 1. The number of halogens is 1. The third-order valence-electron chi connectivity index (χ3n) is 2.70. The second kappa shape index (κ2) is 5.71. The summed E-state index contributed by atoms with van der Waals surface area (Å²) < 4.78 is 4.91. The molecule has 0 bridgehead atoms. The number of phenols is 1. The number of anilines is 2. The van der Waals surface area contributed by atoms with Gasteiger partial charge in [-0.15, -0.1) is 0 Å². The van der Waals surface area contributed by atoms with Crippen LogP contribution >= 0.6 is 11.6 Å². The van der Waals surface area contributed by atoms with Gasteiger partial charge in [0.2, 0.25) is 0 Å². The smallest absolute Gasteiger partial charge is 0.255 e. The largest absolute Gasteiger partial charge is 0.504 e. The van der Waals surface area contributed by atoms with E-state index in [1.807, 2.05) is 0 Å². The molecule has 0 aliphatic rings. The van der Waals surface area contributed by atoms with E-state index in [1.54, 1.807) is 24.3 Å². The van der Waals surface area contributed by atoms with E-state index in [0.717, 1.165) is 0 Å². The summed E-state index contributed by atoms with van der Waals surface area (Å²) in [6.07, 6.45) is 0. The molecule has 0 heterocycles. The van der Waals surface area contributed by atoms with Crippen molar-refractivity contribution < 1.29 is 14.6 Å². The van der Waals surface area contributed by atoms with E-state index in [2.05, 4.69) is 5.32 Å². The minimum atomic E-state index is -0.392. The molecule has 104 valence electrons. The van der Waals surface area contributed by atoms with Gasteiger partial charge in [-0.1, -0.05) is 11.6 Å². The van der Waals surface area contributed by atoms with Crippen LogP contribution in [0.1, 0.15) is 10.4 Å². The molecule has 2 aromatic rings. The van der Waals surface area contributed by atoms with Crippen molar-refractivity contribution in [1.82, 2.24) is 0 Å². The van der Waals surface area contributed by atoms with Gasteiger partial charge < -0.3 is 20.9 Å². The molecule has 0 radical (unpaired) electrons. The highest BCUT2D eigenvalue weighted by Gasteiger charge is 2.11. The highest BCUT2D eigenvalue weighted by Crippen LogP contribution is 2.27. The van der Waals surface area contributed by atoms with Crippen molar-refractivity contribution in [1.29, 1.82) is 0 Å². The molecular weight excluding hydrogens is 280 g/mol. The number of hydrogen-bond donors (Lipinski definition) is 3. The number of amides is 1. The van der Waals surface area contributed by atoms with Crippen molar-refractivity contribution in [3.63, 3.8) is 0 Å². The summed E-state index contributed by atoms with van der Waals surface area (Å²) in [5.41, 5.74) is 6.86. The van der Waals surface area contributed by atoms with Crippen LogP contribution in [-0.4, -0.2) is 18.1 Å². The number of benzene rings is 2. The summed E-state index contributed by atoms with van der Waals surface area (Å²) in [7, 11) is 1.43. The maximum absolute atomic E-state index is 12.1. The number of aromatic hydroxyl groups is 1. The second-order valence-corrected chi connectivity index (χ2v) is 4.51. The predicted octanol–water partition coefficient (Wildman–Crippen LogP) is 2.89. The number of nitrogens with one attached hydrogen (secondary N) is 1. The van der Waals surface area contributed by atoms with Gasteiger partial charge in [0.25, 0.3) is 5.91 Å². The van der Waals surface area contributed by atoms with Crippen molar-refractivity contribution in [3.05, 3.63) is 47.0 Å². The molecule has 4 N–H and O–H groups in total. The van der Waals surface area contributed by atoms with Crippen LogP contribution in [0.4, 0.5) is 11.4 Å². The van der Waals surface area contributed by atoms with Gasteiger partial charge in [-0.05, 0) is 36.4 Å². The Morgan fingerprint density at radius 3 is 2.65 bits per heavy atom. The number of carbonyl (C=O) groups is 1. The zero-order valence-corrected chi connectivity index (χ0v) is 11.4. The summed E-state index contributed by atoms with van der Waals surface area (Å²) in [5.74, 6) is -0.200. The molecule has 0 saturated heterocycles. The van der Waals surface area contributed by atoms with Gasteiger partial charge in [0.05, 0.1) is 18.5 Å². The van der Waals surface area contributed by atoms with E-state index in [-0.39, 0.29) is 11.3 Å². The number of phenolic OH excluding ortho intramolecular Hbond substituents is 1. The van der Waals surface area contributed by atoms with Gasteiger partial charge in [-0.2, -0.15) is 0 Å². The van der Waals surface area contributed by atoms with E-state index >= 15 is 0 Å². The lowest BCUT2D eigenvalue weighted by atomic mass is 10.1. The topological polar surface area (TPSA) is 84.6 Å². The average molecular weight is 293 g/mol. The first-order valence-electron chi connectivity index (χ1n) is 5.74. The molecule has 0 atom stereocenters. The first-order chi connectivity index (χ1) is 9.51. The van der Waals surface area contributed by atoms with Gasteiger partial charge in [-0.25, -0.2) is 0 Å². The molecule has 5 nitrogen and oxygen atoms in total. The van der Waals surface area contributed by atoms with Crippen molar-refractivity contribution in [2.45, 2.75) is 0 Å². The number of ether oxygens (including phenoxy) is 1. The van der Waals surface area contributed by atoms with Crippen LogP contribution in [0.2, 0.25) is 5.02 Å². The number of methoxy groups -OCH3 is 1. The van der Waals surface area contributed by atoms with E-state index in [4.69, 9.17) is 22.1 Å². The van der Waals surface area contributed by atoms with Gasteiger partial charge in [0.1, 0.15) is 0 Å². The molecule has 0 aliphatic carbocycles. The number of carbonyl (C=O) groups excluding carboxylic acids is 1. The molecule has 0 unspecified atom stereocenters. The predicted molar refractivity (Wildman–Crippen MR) is 78.5 cm³/mol. The van der Waals surface area contributed by atoms with Crippen molar-refractivity contribution in [2.24, 2.45) is 0 Å². The zero-order valence-electron chi connectivity index (χ0n) is 10.7. The maximum Gasteiger partial charge on any atom is 0.255 e. The first-order valence-corrected chi connectivity index (χ1v) is 6.12. The van der Waals surface area contributed by atoms with Crippen LogP contribution < -0.4 is 15.8 Å². The molecule has 0 fully saturated rings. The third kappa shape index (κ3) is 2.95. The summed E-state index contributed by atoms with van der Waals surface area (Å²) in [6.45, 7) is 0. The fourth-order valence-electron chi connectivity index (χ4n) is 1.67. The summed E-state index contributed by atoms with van der Waals surface area (Å²) in [4.78, 5) is 12.1. The molecule has 0 saturated carbocycles. The standard InChI is InChI=1S/C14H13ClN2O3/c1-20-13-5-2-8(6-12(13)18)14(19)17-11-4-3-9(15)7-10(11)16/h2-7,18H,16H2,1H3,(H,17,19). The Morgan fingerprint density at radius 1 is 1.30 bits per heavy atom. The second-order valence-electron chi connectivity index (χ2n) is 4.07. The molecule has 0 aliphatic heterocycles. The van der Waals surface area contributed by atoms with E-state index in [1.165, 1.54) is 19.2 Å². The molecule has 20 heavy (non-hydrogen) atoms. The number of nitrogens with two attached hydrogens (primary N) is 1. The van der Waals surface area contributed by atoms with E-state index in [0.29, 0.717) is 22.1 Å². The van der Waals surface area contributed by atoms with Gasteiger partial charge in [0.15, 0.2) is 11.5 Å². The molecule has 2 rings (SSSR count). The Balaban J connectivity index is 2.21. The minimum Gasteiger partial charge on any atom is -0.504 e. The lowest BCUT2D eigenvalue weighted by molar-refractivity contribution is 0.102. The van der Waals surface area contributed by atoms with Crippen LogP contribution in [-0.2, 0) is 0 Å². The molecule has 1 amide bonds. The summed E-state index contributed by atoms with van der Waals surface area (Å²) in [6, 6.07) is 9.15. The van der Waals surface area contributed by atoms with Crippen LogP contribution in [0.15, 0.2) is 36.4 Å². The molecule has 6 heteroatoms. The number of hydrogen-bond acceptors (Lipinski definition) is 4. The fraction of sp³-hybridized carbons (Fsp3) is 0.0714. The molecule has 0 spiro atoms. The zero-order chi connectivity index (χ0) is 14.7. The minimum absolute atomic E-state index is 0.107. The third-order valence-corrected chi connectivity index (χ3v) is 2.94. The lowest BCUT2D eigenvalue weighted by Crippen LogP contribution is -2.13. The van der Waals surface area contributed by atoms with Gasteiger partial charge in [-0.3, -0.25) is 4.79 Å². The van der Waals surface area contributed by atoms with Crippen LogP contribution in [0.5, 0.6) is 11.5 Å². The van der Waals surface area contributed by atoms with Crippen molar-refractivity contribution in [3.8, 4) is 11.5 Å². The normalized spacial score (nSPS) is 10.1. The van der Waals surface area contributed by atoms with Crippen molar-refractivity contribution in [2.75, 3.05) is 18.2 Å². The van der Waals surface area contributed by atoms with E-state index in [9.17, 15) is 9.90 Å². The van der Waals surface area contributed by atoms with Crippen LogP contribution in [0.25, 0.3) is 0 Å². The SMILES string of the molecule is COc1ccc(C(=O)Nc2ccc(Cl)cc2N)cc1O. The van der Waals surface area contributed by atoms with Crippen molar-refractivity contribution >= 4 is 28.9 Å². The Bertz CT molecular complexity index is 659. The van der Waals surface area contributed by atoms with Crippen LogP contribution in [0, 0.1) is 0 Å². The fourth-order valence-corrected chi connectivity index (χ4v) is 1.85. The Kier molecular flexibility index (Phi) is 4.00. The van der Waals surface area contributed by atoms with Gasteiger partial charge >= 0.3 is 0 Å².